The van der Waals surface area contributed by atoms with Crippen LogP contribution in [0.25, 0.3) is 5.57 Å². The molecule has 1 heterocycles. The molecule has 1 aliphatic heterocycles. The molecular formula is C21H19NO5. The first-order valence-electron chi connectivity index (χ1n) is 8.52. The molecule has 0 unspecified atom stereocenters. The minimum Gasteiger partial charge on any atom is -0.465 e. The van der Waals surface area contributed by atoms with Gasteiger partial charge in [-0.3, -0.25) is 4.79 Å². The van der Waals surface area contributed by atoms with Gasteiger partial charge in [0.15, 0.2) is 0 Å². The summed E-state index contributed by atoms with van der Waals surface area (Å²) in [5.74, 6) is -1.27. The van der Waals surface area contributed by atoms with Crippen LogP contribution in [0, 0.1) is 0 Å². The highest BCUT2D eigenvalue weighted by molar-refractivity contribution is 6.34. The SMILES string of the molecule is CCOC(=O)C=C1C(=O)N(Cc2cccc(C(=O)OC)c2)c2ccccc21. The summed E-state index contributed by atoms with van der Waals surface area (Å²) in [4.78, 5) is 38.1. The number of para-hydroxylation sites is 1. The minimum atomic E-state index is -0.551. The Balaban J connectivity index is 1.94. The number of hydrogen-bond donors (Lipinski definition) is 0. The van der Waals surface area contributed by atoms with Gasteiger partial charge in [-0.05, 0) is 30.7 Å². The van der Waals surface area contributed by atoms with E-state index >= 15 is 0 Å². The van der Waals surface area contributed by atoms with Gasteiger partial charge in [0.25, 0.3) is 5.91 Å². The second-order valence-corrected chi connectivity index (χ2v) is 5.91. The summed E-state index contributed by atoms with van der Waals surface area (Å²) in [5.41, 5.74) is 2.88. The molecule has 0 N–H and O–H groups in total. The van der Waals surface area contributed by atoms with Crippen LogP contribution < -0.4 is 4.90 Å². The lowest BCUT2D eigenvalue weighted by Crippen LogP contribution is -2.26. The van der Waals surface area contributed by atoms with Gasteiger partial charge >= 0.3 is 11.9 Å². The zero-order valence-corrected chi connectivity index (χ0v) is 15.1. The summed E-state index contributed by atoms with van der Waals surface area (Å²) in [5, 5.41) is 0. The second-order valence-electron chi connectivity index (χ2n) is 5.91. The van der Waals surface area contributed by atoms with Gasteiger partial charge in [0.05, 0.1) is 37.1 Å². The monoisotopic (exact) mass is 365 g/mol. The fourth-order valence-electron chi connectivity index (χ4n) is 3.00. The molecule has 6 nitrogen and oxygen atoms in total. The van der Waals surface area contributed by atoms with Crippen molar-refractivity contribution in [3.8, 4) is 0 Å². The number of methoxy groups -OCH3 is 1. The Hall–Kier alpha value is -3.41. The number of fused-ring (bicyclic) bond motifs is 1. The van der Waals surface area contributed by atoms with Crippen LogP contribution in [0.1, 0.15) is 28.4 Å². The fraction of sp³-hybridized carbons (Fsp3) is 0.190. The summed E-state index contributed by atoms with van der Waals surface area (Å²) in [6.45, 7) is 2.21. The quantitative estimate of drug-likeness (QED) is 0.602. The molecule has 0 fully saturated rings. The number of amides is 1. The number of carbonyl (C=O) groups excluding carboxylic acids is 3. The molecule has 0 aromatic heterocycles. The molecule has 138 valence electrons. The number of benzene rings is 2. The van der Waals surface area contributed by atoms with Crippen molar-refractivity contribution in [3.63, 3.8) is 0 Å². The van der Waals surface area contributed by atoms with Crippen molar-refractivity contribution in [1.82, 2.24) is 0 Å². The molecule has 6 heteroatoms. The van der Waals surface area contributed by atoms with Crippen LogP contribution >= 0.6 is 0 Å². The largest absolute Gasteiger partial charge is 0.465 e. The molecule has 0 spiro atoms. The van der Waals surface area contributed by atoms with E-state index in [2.05, 4.69) is 0 Å². The number of ether oxygens (including phenoxy) is 2. The van der Waals surface area contributed by atoms with Crippen LogP contribution in [-0.2, 0) is 25.6 Å². The predicted molar refractivity (Wildman–Crippen MR) is 100 cm³/mol. The lowest BCUT2D eigenvalue weighted by Gasteiger charge is -2.17. The van der Waals surface area contributed by atoms with E-state index in [4.69, 9.17) is 9.47 Å². The van der Waals surface area contributed by atoms with E-state index in [1.54, 1.807) is 36.1 Å². The highest BCUT2D eigenvalue weighted by Crippen LogP contribution is 2.37. The smallest absolute Gasteiger partial charge is 0.337 e. The fourth-order valence-corrected chi connectivity index (χ4v) is 3.00. The zero-order chi connectivity index (χ0) is 19.4. The standard InChI is InChI=1S/C21H19NO5/c1-3-27-19(23)12-17-16-9-4-5-10-18(16)22(20(17)24)13-14-7-6-8-15(11-14)21(25)26-2/h4-12H,3,13H2,1-2H3. The summed E-state index contributed by atoms with van der Waals surface area (Å²) in [7, 11) is 1.32. The number of anilines is 1. The van der Waals surface area contributed by atoms with Crippen LogP contribution in [0.5, 0.6) is 0 Å². The van der Waals surface area contributed by atoms with Crippen molar-refractivity contribution in [2.75, 3.05) is 18.6 Å². The van der Waals surface area contributed by atoms with Gasteiger partial charge in [0.1, 0.15) is 0 Å². The number of carbonyl (C=O) groups is 3. The number of rotatable bonds is 5. The molecule has 0 bridgehead atoms. The lowest BCUT2D eigenvalue weighted by atomic mass is 10.1. The molecule has 1 amide bonds. The second kappa shape index (κ2) is 7.86. The van der Waals surface area contributed by atoms with Crippen molar-refractivity contribution in [2.24, 2.45) is 0 Å². The molecule has 27 heavy (non-hydrogen) atoms. The van der Waals surface area contributed by atoms with Gasteiger partial charge in [0.2, 0.25) is 0 Å². The van der Waals surface area contributed by atoms with Crippen LogP contribution in [0.2, 0.25) is 0 Å². The van der Waals surface area contributed by atoms with Crippen LogP contribution in [0.3, 0.4) is 0 Å². The third kappa shape index (κ3) is 3.74. The highest BCUT2D eigenvalue weighted by atomic mass is 16.5. The predicted octanol–water partition coefficient (Wildman–Crippen LogP) is 2.97. The van der Waals surface area contributed by atoms with Gasteiger partial charge in [-0.1, -0.05) is 30.3 Å². The van der Waals surface area contributed by atoms with Gasteiger partial charge in [-0.25, -0.2) is 9.59 Å². The molecule has 0 saturated heterocycles. The minimum absolute atomic E-state index is 0.239. The summed E-state index contributed by atoms with van der Waals surface area (Å²) in [6.07, 6.45) is 1.23. The Morgan fingerprint density at radius 3 is 2.63 bits per heavy atom. The molecule has 2 aromatic rings. The number of esters is 2. The van der Waals surface area contributed by atoms with Gasteiger partial charge < -0.3 is 14.4 Å². The Morgan fingerprint density at radius 1 is 1.11 bits per heavy atom. The number of nitrogens with zero attached hydrogens (tertiary/aromatic N) is 1. The first-order valence-corrected chi connectivity index (χ1v) is 8.52. The van der Waals surface area contributed by atoms with E-state index < -0.39 is 11.9 Å². The van der Waals surface area contributed by atoms with E-state index in [-0.39, 0.29) is 19.1 Å². The van der Waals surface area contributed by atoms with Gasteiger partial charge in [-0.15, -0.1) is 0 Å². The van der Waals surface area contributed by atoms with Crippen molar-refractivity contribution >= 4 is 29.1 Å². The maximum atomic E-state index is 12.9. The molecule has 3 rings (SSSR count). The molecule has 0 radical (unpaired) electrons. The maximum absolute atomic E-state index is 12.9. The Bertz CT molecular complexity index is 932. The average molecular weight is 365 g/mol. The van der Waals surface area contributed by atoms with Crippen molar-refractivity contribution in [3.05, 3.63) is 71.3 Å². The van der Waals surface area contributed by atoms with Gasteiger partial charge in [-0.2, -0.15) is 0 Å². The van der Waals surface area contributed by atoms with Crippen LogP contribution in [-0.4, -0.2) is 31.6 Å². The third-order valence-corrected chi connectivity index (χ3v) is 4.20. The van der Waals surface area contributed by atoms with Gasteiger partial charge in [0, 0.05) is 11.6 Å². The third-order valence-electron chi connectivity index (χ3n) is 4.20. The Kier molecular flexibility index (Phi) is 5.35. The molecule has 0 aliphatic carbocycles. The summed E-state index contributed by atoms with van der Waals surface area (Å²) < 4.78 is 9.68. The zero-order valence-electron chi connectivity index (χ0n) is 15.1. The van der Waals surface area contributed by atoms with Crippen molar-refractivity contribution in [2.45, 2.75) is 13.5 Å². The molecular weight excluding hydrogens is 346 g/mol. The summed E-state index contributed by atoms with van der Waals surface area (Å²) in [6, 6.07) is 14.2. The lowest BCUT2D eigenvalue weighted by molar-refractivity contribution is -0.137. The van der Waals surface area contributed by atoms with Crippen LogP contribution in [0.4, 0.5) is 5.69 Å². The van der Waals surface area contributed by atoms with E-state index in [0.717, 1.165) is 5.56 Å². The topological polar surface area (TPSA) is 72.9 Å². The molecule has 1 aliphatic rings. The Morgan fingerprint density at radius 2 is 1.89 bits per heavy atom. The first kappa shape index (κ1) is 18.4. The average Bonchev–Trinajstić information content (AvgIpc) is 2.94. The van der Waals surface area contributed by atoms with Crippen molar-refractivity contribution in [1.29, 1.82) is 0 Å². The summed E-state index contributed by atoms with van der Waals surface area (Å²) >= 11 is 0. The van der Waals surface area contributed by atoms with E-state index in [1.807, 2.05) is 24.3 Å². The highest BCUT2D eigenvalue weighted by Gasteiger charge is 2.32. The number of hydrogen-bond acceptors (Lipinski definition) is 5. The Labute approximate surface area is 157 Å². The van der Waals surface area contributed by atoms with Crippen LogP contribution in [0.15, 0.2) is 54.6 Å². The molecule has 2 aromatic carbocycles. The normalized spacial score (nSPS) is 14.2. The first-order chi connectivity index (χ1) is 13.0. The van der Waals surface area contributed by atoms with E-state index in [0.29, 0.717) is 22.4 Å². The molecule has 0 saturated carbocycles. The van der Waals surface area contributed by atoms with Crippen molar-refractivity contribution < 1.29 is 23.9 Å². The van der Waals surface area contributed by atoms with E-state index in [9.17, 15) is 14.4 Å². The molecule has 0 atom stereocenters. The van der Waals surface area contributed by atoms with E-state index in [1.165, 1.54) is 13.2 Å². The maximum Gasteiger partial charge on any atom is 0.337 e.